The molecule has 0 aromatic heterocycles. The third-order valence-corrected chi connectivity index (χ3v) is 2.23. The summed E-state index contributed by atoms with van der Waals surface area (Å²) in [6.07, 6.45) is -1.60. The first-order valence-electron chi connectivity index (χ1n) is 3.89. The number of aromatic hydroxyl groups is 1. The molecule has 5 heteroatoms. The highest BCUT2D eigenvalue weighted by atomic mass is 79.9. The molecule has 0 aliphatic carbocycles. The van der Waals surface area contributed by atoms with Gasteiger partial charge in [-0.1, -0.05) is 15.9 Å². The van der Waals surface area contributed by atoms with Crippen molar-refractivity contribution in [3.63, 3.8) is 0 Å². The van der Waals surface area contributed by atoms with E-state index in [0.717, 1.165) is 4.47 Å². The highest BCUT2D eigenvalue weighted by molar-refractivity contribution is 9.10. The second-order valence-electron chi connectivity index (χ2n) is 2.83. The summed E-state index contributed by atoms with van der Waals surface area (Å²) in [6.45, 7) is 0. The molecule has 76 valence electrons. The lowest BCUT2D eigenvalue weighted by Gasteiger charge is -2.07. The summed E-state index contributed by atoms with van der Waals surface area (Å²) in [6, 6.07) is 4.64. The Labute approximate surface area is 88.9 Å². The van der Waals surface area contributed by atoms with Crippen molar-refractivity contribution in [3.8, 4) is 5.75 Å². The standard InChI is InChI=1S/C9H9BrO4/c10-6-1-2-7(11)5(3-6)4-8(12)9(13)14/h1-3,8,11-12H,4H2,(H,13,14). The molecule has 1 aromatic carbocycles. The van der Waals surface area contributed by atoms with Crippen molar-refractivity contribution < 1.29 is 20.1 Å². The van der Waals surface area contributed by atoms with Crippen LogP contribution in [0, 0.1) is 0 Å². The number of benzene rings is 1. The minimum atomic E-state index is -1.49. The van der Waals surface area contributed by atoms with Gasteiger partial charge < -0.3 is 15.3 Å². The van der Waals surface area contributed by atoms with Crippen LogP contribution in [0.4, 0.5) is 0 Å². The first kappa shape index (κ1) is 11.0. The van der Waals surface area contributed by atoms with Crippen molar-refractivity contribution in [1.82, 2.24) is 0 Å². The molecule has 1 unspecified atom stereocenters. The number of hydrogen-bond acceptors (Lipinski definition) is 3. The molecule has 1 aromatic rings. The van der Waals surface area contributed by atoms with Crippen LogP contribution >= 0.6 is 15.9 Å². The molecule has 0 bridgehead atoms. The van der Waals surface area contributed by atoms with Crippen molar-refractivity contribution in [2.75, 3.05) is 0 Å². The number of aliphatic hydroxyl groups is 1. The normalized spacial score (nSPS) is 12.4. The second kappa shape index (κ2) is 4.43. The number of aliphatic hydroxyl groups excluding tert-OH is 1. The molecule has 14 heavy (non-hydrogen) atoms. The molecule has 0 spiro atoms. The van der Waals surface area contributed by atoms with Crippen LogP contribution in [0.25, 0.3) is 0 Å². The van der Waals surface area contributed by atoms with Gasteiger partial charge in [0.25, 0.3) is 0 Å². The Kier molecular flexibility index (Phi) is 3.49. The van der Waals surface area contributed by atoms with Crippen molar-refractivity contribution in [3.05, 3.63) is 28.2 Å². The largest absolute Gasteiger partial charge is 0.508 e. The topological polar surface area (TPSA) is 77.8 Å². The molecule has 3 N–H and O–H groups in total. The number of carboxylic acids is 1. The van der Waals surface area contributed by atoms with Crippen molar-refractivity contribution >= 4 is 21.9 Å². The Morgan fingerprint density at radius 3 is 2.71 bits per heavy atom. The number of carboxylic acid groups (broad SMARTS) is 1. The van der Waals surface area contributed by atoms with Crippen LogP contribution < -0.4 is 0 Å². The minimum absolute atomic E-state index is 0.0199. The van der Waals surface area contributed by atoms with Gasteiger partial charge in [0.2, 0.25) is 0 Å². The third kappa shape index (κ3) is 2.71. The molecule has 0 saturated heterocycles. The van der Waals surface area contributed by atoms with E-state index in [0.29, 0.717) is 5.56 Å². The van der Waals surface area contributed by atoms with Gasteiger partial charge >= 0.3 is 5.97 Å². The van der Waals surface area contributed by atoms with E-state index in [2.05, 4.69) is 15.9 Å². The van der Waals surface area contributed by atoms with Gasteiger partial charge in [-0.2, -0.15) is 0 Å². The van der Waals surface area contributed by atoms with E-state index in [9.17, 15) is 9.90 Å². The Balaban J connectivity index is 2.85. The van der Waals surface area contributed by atoms with Gasteiger partial charge in [0.15, 0.2) is 6.10 Å². The number of rotatable bonds is 3. The fourth-order valence-corrected chi connectivity index (χ4v) is 1.42. The van der Waals surface area contributed by atoms with Crippen LogP contribution in [0.5, 0.6) is 5.75 Å². The number of phenolic OH excluding ortho intramolecular Hbond substituents is 1. The van der Waals surface area contributed by atoms with E-state index in [-0.39, 0.29) is 12.2 Å². The zero-order valence-corrected chi connectivity index (χ0v) is 8.73. The maximum Gasteiger partial charge on any atom is 0.332 e. The highest BCUT2D eigenvalue weighted by Crippen LogP contribution is 2.23. The summed E-state index contributed by atoms with van der Waals surface area (Å²) in [4.78, 5) is 10.4. The SMILES string of the molecule is O=C(O)C(O)Cc1cc(Br)ccc1O. The molecule has 0 amide bonds. The van der Waals surface area contributed by atoms with Crippen LogP contribution in [-0.2, 0) is 11.2 Å². The molecular weight excluding hydrogens is 252 g/mol. The average molecular weight is 261 g/mol. The summed E-state index contributed by atoms with van der Waals surface area (Å²) in [5, 5.41) is 26.9. The number of halogens is 1. The van der Waals surface area contributed by atoms with Gasteiger partial charge in [0, 0.05) is 10.9 Å². The fraction of sp³-hybridized carbons (Fsp3) is 0.222. The van der Waals surface area contributed by atoms with Gasteiger partial charge in [0.1, 0.15) is 5.75 Å². The predicted octanol–water partition coefficient (Wildman–Crippen LogP) is 1.14. The fourth-order valence-electron chi connectivity index (χ4n) is 1.01. The molecular formula is C9H9BrO4. The summed E-state index contributed by atoms with van der Waals surface area (Å²) in [5.41, 5.74) is 0.397. The first-order chi connectivity index (χ1) is 6.50. The maximum atomic E-state index is 10.4. The maximum absolute atomic E-state index is 10.4. The van der Waals surface area contributed by atoms with Gasteiger partial charge in [-0.05, 0) is 23.8 Å². The summed E-state index contributed by atoms with van der Waals surface area (Å²) >= 11 is 3.18. The van der Waals surface area contributed by atoms with Gasteiger partial charge in [-0.25, -0.2) is 4.79 Å². The van der Waals surface area contributed by atoms with Crippen molar-refractivity contribution in [2.24, 2.45) is 0 Å². The quantitative estimate of drug-likeness (QED) is 0.762. The van der Waals surface area contributed by atoms with E-state index >= 15 is 0 Å². The Morgan fingerprint density at radius 2 is 2.14 bits per heavy atom. The highest BCUT2D eigenvalue weighted by Gasteiger charge is 2.15. The molecule has 1 rings (SSSR count). The average Bonchev–Trinajstić information content (AvgIpc) is 2.11. The lowest BCUT2D eigenvalue weighted by molar-refractivity contribution is -0.146. The summed E-state index contributed by atoms with van der Waals surface area (Å²) in [5.74, 6) is -1.32. The number of hydrogen-bond donors (Lipinski definition) is 3. The zero-order chi connectivity index (χ0) is 10.7. The first-order valence-corrected chi connectivity index (χ1v) is 4.68. The molecule has 0 aliphatic heterocycles. The molecule has 0 heterocycles. The predicted molar refractivity (Wildman–Crippen MR) is 53.2 cm³/mol. The molecule has 0 radical (unpaired) electrons. The lowest BCUT2D eigenvalue weighted by atomic mass is 10.1. The minimum Gasteiger partial charge on any atom is -0.508 e. The van der Waals surface area contributed by atoms with Crippen LogP contribution in [0.15, 0.2) is 22.7 Å². The Bertz CT molecular complexity index is 351. The van der Waals surface area contributed by atoms with Gasteiger partial charge in [-0.15, -0.1) is 0 Å². The molecule has 1 atom stereocenters. The van der Waals surface area contributed by atoms with Crippen molar-refractivity contribution in [1.29, 1.82) is 0 Å². The van der Waals surface area contributed by atoms with Crippen LogP contribution in [0.3, 0.4) is 0 Å². The van der Waals surface area contributed by atoms with Crippen molar-refractivity contribution in [2.45, 2.75) is 12.5 Å². The van der Waals surface area contributed by atoms with E-state index in [4.69, 9.17) is 10.2 Å². The van der Waals surface area contributed by atoms with Gasteiger partial charge in [-0.3, -0.25) is 0 Å². The zero-order valence-electron chi connectivity index (χ0n) is 7.14. The Hall–Kier alpha value is -1.07. The smallest absolute Gasteiger partial charge is 0.332 e. The molecule has 0 saturated carbocycles. The van der Waals surface area contributed by atoms with Crippen LogP contribution in [0.2, 0.25) is 0 Å². The Morgan fingerprint density at radius 1 is 1.50 bits per heavy atom. The van der Waals surface area contributed by atoms with E-state index in [1.54, 1.807) is 12.1 Å². The molecule has 0 aliphatic rings. The number of phenols is 1. The molecule has 0 fully saturated rings. The van der Waals surface area contributed by atoms with E-state index in [1.807, 2.05) is 0 Å². The van der Waals surface area contributed by atoms with E-state index < -0.39 is 12.1 Å². The third-order valence-electron chi connectivity index (χ3n) is 1.74. The van der Waals surface area contributed by atoms with E-state index in [1.165, 1.54) is 6.07 Å². The van der Waals surface area contributed by atoms with Crippen LogP contribution in [0.1, 0.15) is 5.56 Å². The number of carbonyl (C=O) groups is 1. The lowest BCUT2D eigenvalue weighted by Crippen LogP contribution is -2.21. The van der Waals surface area contributed by atoms with Gasteiger partial charge in [0.05, 0.1) is 0 Å². The molecule has 4 nitrogen and oxygen atoms in total. The summed E-state index contributed by atoms with van der Waals surface area (Å²) < 4.78 is 0.725. The summed E-state index contributed by atoms with van der Waals surface area (Å²) in [7, 11) is 0. The second-order valence-corrected chi connectivity index (χ2v) is 3.75. The van der Waals surface area contributed by atoms with Crippen LogP contribution in [-0.4, -0.2) is 27.4 Å². The number of aliphatic carboxylic acids is 1. The monoisotopic (exact) mass is 260 g/mol.